The third kappa shape index (κ3) is 4.07. The van der Waals surface area contributed by atoms with Crippen LogP contribution in [0.25, 0.3) is 0 Å². The van der Waals surface area contributed by atoms with Crippen LogP contribution in [0.1, 0.15) is 51.2 Å². The summed E-state index contributed by atoms with van der Waals surface area (Å²) in [6, 6.07) is 8.93. The highest BCUT2D eigenvalue weighted by Gasteiger charge is 2.28. The topological polar surface area (TPSA) is 23.5 Å². The van der Waals surface area contributed by atoms with Crippen molar-refractivity contribution in [2.45, 2.75) is 58.0 Å². The Hall–Kier alpha value is -0.860. The molecular weight excluding hydrogens is 246 g/mol. The van der Waals surface area contributed by atoms with E-state index in [-0.39, 0.29) is 5.41 Å². The zero-order chi connectivity index (χ0) is 14.8. The molecule has 2 nitrogen and oxygen atoms in total. The molecule has 0 atom stereocenters. The van der Waals surface area contributed by atoms with E-state index in [9.17, 15) is 5.11 Å². The maximum absolute atomic E-state index is 10.00. The van der Waals surface area contributed by atoms with E-state index in [1.165, 1.54) is 11.1 Å². The predicted octanol–water partition coefficient (Wildman–Crippen LogP) is 3.51. The van der Waals surface area contributed by atoms with Gasteiger partial charge in [-0.25, -0.2) is 0 Å². The first-order valence-electron chi connectivity index (χ1n) is 7.80. The molecule has 20 heavy (non-hydrogen) atoms. The molecule has 112 valence electrons. The van der Waals surface area contributed by atoms with Gasteiger partial charge in [0.05, 0.1) is 5.60 Å². The standard InChI is InChI=1S/C18H29NO/c1-15-5-7-16(8-6-15)17(2,3)9-12-19-13-10-18(4,20)11-14-19/h5-8,20H,9-14H2,1-4H3. The highest BCUT2D eigenvalue weighted by Crippen LogP contribution is 2.29. The molecule has 1 heterocycles. The Morgan fingerprint density at radius 2 is 1.70 bits per heavy atom. The Labute approximate surface area is 123 Å². The van der Waals surface area contributed by atoms with Crippen molar-refractivity contribution in [2.24, 2.45) is 0 Å². The van der Waals surface area contributed by atoms with E-state index >= 15 is 0 Å². The van der Waals surface area contributed by atoms with Gasteiger partial charge in [-0.15, -0.1) is 0 Å². The zero-order valence-electron chi connectivity index (χ0n) is 13.4. The average Bonchev–Trinajstić information content (AvgIpc) is 2.38. The van der Waals surface area contributed by atoms with Crippen LogP contribution in [0.15, 0.2) is 24.3 Å². The minimum Gasteiger partial charge on any atom is -0.390 e. The molecule has 2 rings (SSSR count). The van der Waals surface area contributed by atoms with Crippen molar-refractivity contribution in [1.29, 1.82) is 0 Å². The van der Waals surface area contributed by atoms with Crippen LogP contribution >= 0.6 is 0 Å². The summed E-state index contributed by atoms with van der Waals surface area (Å²) in [5, 5.41) is 10.00. The van der Waals surface area contributed by atoms with Crippen LogP contribution in [-0.2, 0) is 5.41 Å². The molecule has 1 N–H and O–H groups in total. The summed E-state index contributed by atoms with van der Waals surface area (Å²) in [4.78, 5) is 2.49. The molecule has 0 aromatic heterocycles. The van der Waals surface area contributed by atoms with Gasteiger partial charge in [-0.3, -0.25) is 0 Å². The number of piperidine rings is 1. The number of hydrogen-bond donors (Lipinski definition) is 1. The van der Waals surface area contributed by atoms with Crippen molar-refractivity contribution in [3.05, 3.63) is 35.4 Å². The van der Waals surface area contributed by atoms with Crippen LogP contribution in [0.4, 0.5) is 0 Å². The molecule has 0 unspecified atom stereocenters. The Bertz CT molecular complexity index is 423. The fraction of sp³-hybridized carbons (Fsp3) is 0.667. The van der Waals surface area contributed by atoms with Crippen molar-refractivity contribution in [1.82, 2.24) is 4.90 Å². The SMILES string of the molecule is Cc1ccc(C(C)(C)CCN2CCC(C)(O)CC2)cc1. The second kappa shape index (κ2) is 5.87. The van der Waals surface area contributed by atoms with Crippen LogP contribution in [0, 0.1) is 6.92 Å². The van der Waals surface area contributed by atoms with E-state index in [0.29, 0.717) is 0 Å². The van der Waals surface area contributed by atoms with Gasteiger partial charge in [-0.1, -0.05) is 43.7 Å². The van der Waals surface area contributed by atoms with Crippen molar-refractivity contribution in [2.75, 3.05) is 19.6 Å². The smallest absolute Gasteiger partial charge is 0.0644 e. The maximum atomic E-state index is 10.00. The molecule has 1 fully saturated rings. The first kappa shape index (κ1) is 15.5. The highest BCUT2D eigenvalue weighted by molar-refractivity contribution is 5.27. The molecule has 0 saturated carbocycles. The third-order valence-electron chi connectivity index (χ3n) is 4.82. The number of nitrogens with zero attached hydrogens (tertiary/aromatic N) is 1. The molecule has 0 spiro atoms. The quantitative estimate of drug-likeness (QED) is 0.909. The van der Waals surface area contributed by atoms with Gasteiger partial charge in [0.1, 0.15) is 0 Å². The third-order valence-corrected chi connectivity index (χ3v) is 4.82. The maximum Gasteiger partial charge on any atom is 0.0644 e. The molecule has 0 aliphatic carbocycles. The van der Waals surface area contributed by atoms with E-state index in [1.54, 1.807) is 0 Å². The monoisotopic (exact) mass is 275 g/mol. The number of rotatable bonds is 4. The lowest BCUT2D eigenvalue weighted by Crippen LogP contribution is -2.43. The highest BCUT2D eigenvalue weighted by atomic mass is 16.3. The number of aliphatic hydroxyl groups is 1. The molecule has 1 saturated heterocycles. The van der Waals surface area contributed by atoms with Crippen molar-refractivity contribution < 1.29 is 5.11 Å². The largest absolute Gasteiger partial charge is 0.390 e. The Morgan fingerprint density at radius 1 is 1.15 bits per heavy atom. The van der Waals surface area contributed by atoms with Gasteiger partial charge < -0.3 is 10.0 Å². The van der Waals surface area contributed by atoms with E-state index in [1.807, 2.05) is 6.92 Å². The number of hydrogen-bond acceptors (Lipinski definition) is 2. The summed E-state index contributed by atoms with van der Waals surface area (Å²) < 4.78 is 0. The Kier molecular flexibility index (Phi) is 4.55. The number of aryl methyl sites for hydroxylation is 1. The van der Waals surface area contributed by atoms with Crippen molar-refractivity contribution in [3.63, 3.8) is 0 Å². The molecule has 2 heteroatoms. The molecule has 0 amide bonds. The molecule has 1 aliphatic heterocycles. The van der Waals surface area contributed by atoms with Gasteiger partial charge in [-0.05, 0) is 50.6 Å². The molecule has 0 bridgehead atoms. The summed E-state index contributed by atoms with van der Waals surface area (Å²) in [6.07, 6.45) is 2.97. The van der Waals surface area contributed by atoms with Gasteiger partial charge in [0.15, 0.2) is 0 Å². The van der Waals surface area contributed by atoms with E-state index < -0.39 is 5.60 Å². The lowest BCUT2D eigenvalue weighted by molar-refractivity contribution is -0.00642. The first-order valence-corrected chi connectivity index (χ1v) is 7.80. The van der Waals surface area contributed by atoms with Gasteiger partial charge in [0.25, 0.3) is 0 Å². The van der Waals surface area contributed by atoms with Gasteiger partial charge in [-0.2, -0.15) is 0 Å². The molecule has 0 radical (unpaired) electrons. The average molecular weight is 275 g/mol. The van der Waals surface area contributed by atoms with E-state index in [0.717, 1.165) is 38.9 Å². The normalized spacial score (nSPS) is 20.1. The Balaban J connectivity index is 1.88. The first-order chi connectivity index (χ1) is 9.28. The van der Waals surface area contributed by atoms with Crippen LogP contribution in [0.5, 0.6) is 0 Å². The number of benzene rings is 1. The molecular formula is C18H29NO. The fourth-order valence-electron chi connectivity index (χ4n) is 2.85. The van der Waals surface area contributed by atoms with Crippen LogP contribution in [0.2, 0.25) is 0 Å². The summed E-state index contributed by atoms with van der Waals surface area (Å²) in [6.45, 7) is 11.9. The summed E-state index contributed by atoms with van der Waals surface area (Å²) in [5.74, 6) is 0. The van der Waals surface area contributed by atoms with Crippen LogP contribution in [-0.4, -0.2) is 35.2 Å². The van der Waals surface area contributed by atoms with Crippen LogP contribution in [0.3, 0.4) is 0 Å². The van der Waals surface area contributed by atoms with Crippen molar-refractivity contribution in [3.8, 4) is 0 Å². The second-order valence-corrected chi connectivity index (χ2v) is 7.34. The Morgan fingerprint density at radius 3 is 2.25 bits per heavy atom. The van der Waals surface area contributed by atoms with E-state index in [4.69, 9.17) is 0 Å². The summed E-state index contributed by atoms with van der Waals surface area (Å²) in [5.41, 5.74) is 2.52. The lowest BCUT2D eigenvalue weighted by Gasteiger charge is -2.37. The fourth-order valence-corrected chi connectivity index (χ4v) is 2.85. The van der Waals surface area contributed by atoms with E-state index in [2.05, 4.69) is 49.9 Å². The van der Waals surface area contributed by atoms with Crippen LogP contribution < -0.4 is 0 Å². The molecule has 1 aliphatic rings. The minimum atomic E-state index is -0.441. The summed E-state index contributed by atoms with van der Waals surface area (Å²) >= 11 is 0. The predicted molar refractivity (Wildman–Crippen MR) is 85.1 cm³/mol. The van der Waals surface area contributed by atoms with Gasteiger partial charge in [0.2, 0.25) is 0 Å². The van der Waals surface area contributed by atoms with Gasteiger partial charge >= 0.3 is 0 Å². The molecule has 1 aromatic carbocycles. The minimum absolute atomic E-state index is 0.216. The second-order valence-electron chi connectivity index (χ2n) is 7.34. The summed E-state index contributed by atoms with van der Waals surface area (Å²) in [7, 11) is 0. The lowest BCUT2D eigenvalue weighted by atomic mass is 9.81. The zero-order valence-corrected chi connectivity index (χ0v) is 13.4. The van der Waals surface area contributed by atoms with Crippen molar-refractivity contribution >= 4 is 0 Å². The molecule has 1 aromatic rings. The number of likely N-dealkylation sites (tertiary alicyclic amines) is 1. The van der Waals surface area contributed by atoms with Gasteiger partial charge in [0, 0.05) is 13.1 Å².